The molecule has 2 aliphatic rings. The van der Waals surface area contributed by atoms with Crippen LogP contribution in [0.4, 0.5) is 24.5 Å². The number of aromatic nitrogens is 1. The number of hydrogen-bond acceptors (Lipinski definition) is 4. The highest BCUT2D eigenvalue weighted by Gasteiger charge is 2.32. The molecule has 1 amide bonds. The Balaban J connectivity index is 1.33. The maximum absolute atomic E-state index is 13.7. The molecule has 1 aliphatic heterocycles. The first-order valence-corrected chi connectivity index (χ1v) is 14.4. The molecule has 41 heavy (non-hydrogen) atoms. The molecule has 1 saturated heterocycles. The van der Waals surface area contributed by atoms with Crippen LogP contribution in [0.5, 0.6) is 0 Å². The molecule has 1 atom stereocenters. The zero-order valence-corrected chi connectivity index (χ0v) is 23.4. The van der Waals surface area contributed by atoms with Gasteiger partial charge in [0.2, 0.25) is 5.91 Å². The highest BCUT2D eigenvalue weighted by atomic mass is 19.4. The lowest BCUT2D eigenvalue weighted by molar-refractivity contribution is -0.137. The van der Waals surface area contributed by atoms with Crippen molar-refractivity contribution in [2.24, 2.45) is 0 Å². The molecule has 1 aliphatic carbocycles. The van der Waals surface area contributed by atoms with Crippen molar-refractivity contribution in [3.05, 3.63) is 95.8 Å². The summed E-state index contributed by atoms with van der Waals surface area (Å²) in [5.74, 6) is -0.124. The third-order valence-corrected chi connectivity index (χ3v) is 8.38. The number of pyridine rings is 1. The molecular formula is C33H37F3N4O. The number of carbonyl (C=O) groups excluding carboxylic acids is 1. The second-order valence-corrected chi connectivity index (χ2v) is 11.1. The van der Waals surface area contributed by atoms with E-state index in [4.69, 9.17) is 0 Å². The van der Waals surface area contributed by atoms with Crippen LogP contribution in [0, 0.1) is 0 Å². The molecule has 0 radical (unpaired) electrons. The Morgan fingerprint density at radius 1 is 0.927 bits per heavy atom. The zero-order valence-electron chi connectivity index (χ0n) is 23.4. The summed E-state index contributed by atoms with van der Waals surface area (Å²) in [5, 5.41) is 0. The fourth-order valence-corrected chi connectivity index (χ4v) is 6.01. The Morgan fingerprint density at radius 3 is 2.24 bits per heavy atom. The van der Waals surface area contributed by atoms with Crippen molar-refractivity contribution in [1.82, 2.24) is 14.8 Å². The molecule has 1 unspecified atom stereocenters. The SMILES string of the molecule is CN(c1ccncc1)c1ccc(CN(C(=O)C=Cc2ccc(C(F)(F)F)cc2)C2CCCN(C3CCCC3)C2)cc1. The summed E-state index contributed by atoms with van der Waals surface area (Å²) in [5.41, 5.74) is 2.96. The van der Waals surface area contributed by atoms with E-state index in [-0.39, 0.29) is 11.9 Å². The average Bonchev–Trinajstić information content (AvgIpc) is 3.54. The maximum Gasteiger partial charge on any atom is 0.416 e. The van der Waals surface area contributed by atoms with Crippen LogP contribution in [0.25, 0.3) is 6.08 Å². The molecule has 2 heterocycles. The third-order valence-electron chi connectivity index (χ3n) is 8.38. The van der Waals surface area contributed by atoms with Gasteiger partial charge < -0.3 is 9.80 Å². The minimum Gasteiger partial charge on any atom is -0.345 e. The number of carbonyl (C=O) groups is 1. The summed E-state index contributed by atoms with van der Waals surface area (Å²) in [4.78, 5) is 24.3. The van der Waals surface area contributed by atoms with Crippen molar-refractivity contribution in [2.45, 2.75) is 63.3 Å². The second kappa shape index (κ2) is 12.9. The lowest BCUT2D eigenvalue weighted by atomic mass is 10.00. The number of hydrogen-bond donors (Lipinski definition) is 0. The first-order chi connectivity index (χ1) is 19.8. The first kappa shape index (κ1) is 28.9. The van der Waals surface area contributed by atoms with Crippen molar-refractivity contribution in [3.8, 4) is 0 Å². The summed E-state index contributed by atoms with van der Waals surface area (Å²) < 4.78 is 38.9. The van der Waals surface area contributed by atoms with Crippen molar-refractivity contribution >= 4 is 23.4 Å². The average molecular weight is 563 g/mol. The van der Waals surface area contributed by atoms with Gasteiger partial charge in [0.1, 0.15) is 0 Å². The molecule has 216 valence electrons. The summed E-state index contributed by atoms with van der Waals surface area (Å²) in [6, 6.07) is 17.7. The van der Waals surface area contributed by atoms with Crippen LogP contribution in [0.15, 0.2) is 79.1 Å². The first-order valence-electron chi connectivity index (χ1n) is 14.4. The monoisotopic (exact) mass is 562 g/mol. The number of nitrogens with zero attached hydrogens (tertiary/aromatic N) is 4. The fourth-order valence-electron chi connectivity index (χ4n) is 6.01. The number of anilines is 2. The van der Waals surface area contributed by atoms with E-state index in [2.05, 4.69) is 39.0 Å². The van der Waals surface area contributed by atoms with Gasteiger partial charge in [-0.2, -0.15) is 13.2 Å². The van der Waals surface area contributed by atoms with Gasteiger partial charge in [-0.1, -0.05) is 37.1 Å². The van der Waals surface area contributed by atoms with Crippen LogP contribution in [-0.4, -0.2) is 52.9 Å². The fraction of sp³-hybridized carbons (Fsp3) is 0.394. The van der Waals surface area contributed by atoms with Gasteiger partial charge in [-0.15, -0.1) is 0 Å². The van der Waals surface area contributed by atoms with Crippen LogP contribution >= 0.6 is 0 Å². The number of amides is 1. The van der Waals surface area contributed by atoms with Crippen molar-refractivity contribution in [3.63, 3.8) is 0 Å². The molecule has 2 fully saturated rings. The molecular weight excluding hydrogens is 525 g/mol. The van der Waals surface area contributed by atoms with Gasteiger partial charge in [0.15, 0.2) is 0 Å². The van der Waals surface area contributed by atoms with Gasteiger partial charge in [-0.05, 0) is 85.8 Å². The van der Waals surface area contributed by atoms with Crippen LogP contribution < -0.4 is 4.90 Å². The zero-order chi connectivity index (χ0) is 28.8. The van der Waals surface area contributed by atoms with E-state index >= 15 is 0 Å². The Bertz CT molecular complexity index is 1300. The number of piperidine rings is 1. The molecule has 3 aromatic rings. The minimum absolute atomic E-state index is 0.0771. The van der Waals surface area contributed by atoms with E-state index in [1.807, 2.05) is 24.1 Å². The summed E-state index contributed by atoms with van der Waals surface area (Å²) in [6.45, 7) is 2.40. The molecule has 0 bridgehead atoms. The Morgan fingerprint density at radius 2 is 1.59 bits per heavy atom. The van der Waals surface area contributed by atoms with Crippen molar-refractivity contribution < 1.29 is 18.0 Å². The standard InChI is InChI=1S/C33H37F3N4O/c1-38(29-18-20-37-21-19-29)28-15-10-26(11-16-28)23-40(31-7-4-22-39(24-31)30-5-2-3-6-30)32(41)17-12-25-8-13-27(14-9-25)33(34,35)36/h8-21,30-31H,2-7,22-24H2,1H3. The van der Waals surface area contributed by atoms with Gasteiger partial charge in [-0.25, -0.2) is 0 Å². The van der Waals surface area contributed by atoms with E-state index in [1.165, 1.54) is 43.9 Å². The molecule has 2 aromatic carbocycles. The number of alkyl halides is 3. The molecule has 0 N–H and O–H groups in total. The van der Waals surface area contributed by atoms with E-state index in [0.717, 1.165) is 55.0 Å². The number of halogens is 3. The van der Waals surface area contributed by atoms with Gasteiger partial charge in [-0.3, -0.25) is 14.7 Å². The molecule has 1 saturated carbocycles. The number of rotatable bonds is 8. The largest absolute Gasteiger partial charge is 0.416 e. The van der Waals surface area contributed by atoms with E-state index in [1.54, 1.807) is 18.5 Å². The number of likely N-dealkylation sites (tertiary alicyclic amines) is 1. The predicted octanol–water partition coefficient (Wildman–Crippen LogP) is 7.32. The van der Waals surface area contributed by atoms with Crippen molar-refractivity contribution in [2.75, 3.05) is 25.0 Å². The summed E-state index contributed by atoms with van der Waals surface area (Å²) >= 11 is 0. The van der Waals surface area contributed by atoms with Gasteiger partial charge in [0.05, 0.1) is 5.56 Å². The van der Waals surface area contributed by atoms with E-state index < -0.39 is 11.7 Å². The lowest BCUT2D eigenvalue weighted by Crippen LogP contribution is -2.51. The Kier molecular flexibility index (Phi) is 9.08. The van der Waals surface area contributed by atoms with Crippen LogP contribution in [0.3, 0.4) is 0 Å². The topological polar surface area (TPSA) is 39.7 Å². The summed E-state index contributed by atoms with van der Waals surface area (Å²) in [6.07, 6.45) is 9.22. The Hall–Kier alpha value is -3.65. The second-order valence-electron chi connectivity index (χ2n) is 11.1. The van der Waals surface area contributed by atoms with Crippen LogP contribution in [0.2, 0.25) is 0 Å². The third kappa shape index (κ3) is 7.36. The minimum atomic E-state index is -4.39. The summed E-state index contributed by atoms with van der Waals surface area (Å²) in [7, 11) is 2.01. The molecule has 8 heteroatoms. The molecule has 5 rings (SSSR count). The van der Waals surface area contributed by atoms with Gasteiger partial charge in [0.25, 0.3) is 0 Å². The van der Waals surface area contributed by atoms with Crippen molar-refractivity contribution in [1.29, 1.82) is 0 Å². The van der Waals surface area contributed by atoms with E-state index in [0.29, 0.717) is 18.2 Å². The predicted molar refractivity (Wildman–Crippen MR) is 157 cm³/mol. The lowest BCUT2D eigenvalue weighted by Gasteiger charge is -2.41. The molecule has 0 spiro atoms. The number of benzene rings is 2. The highest BCUT2D eigenvalue weighted by molar-refractivity contribution is 5.92. The molecule has 5 nitrogen and oxygen atoms in total. The van der Waals surface area contributed by atoms with Gasteiger partial charge >= 0.3 is 6.18 Å². The van der Waals surface area contributed by atoms with Crippen LogP contribution in [-0.2, 0) is 17.5 Å². The quantitative estimate of drug-likeness (QED) is 0.270. The van der Waals surface area contributed by atoms with E-state index in [9.17, 15) is 18.0 Å². The maximum atomic E-state index is 13.7. The molecule has 1 aromatic heterocycles. The smallest absolute Gasteiger partial charge is 0.345 e. The highest BCUT2D eigenvalue weighted by Crippen LogP contribution is 2.30. The van der Waals surface area contributed by atoms with Crippen LogP contribution in [0.1, 0.15) is 55.2 Å². The Labute approximate surface area is 240 Å². The normalized spacial score (nSPS) is 18.6. The van der Waals surface area contributed by atoms with Gasteiger partial charge in [0, 0.05) is 62.1 Å².